The number of aryl methyl sites for hydroxylation is 1. The van der Waals surface area contributed by atoms with E-state index in [9.17, 15) is 19.5 Å². The van der Waals surface area contributed by atoms with Gasteiger partial charge in [0.05, 0.1) is 10.7 Å². The van der Waals surface area contributed by atoms with Gasteiger partial charge >= 0.3 is 5.97 Å². The van der Waals surface area contributed by atoms with Crippen molar-refractivity contribution < 1.29 is 19.5 Å². The van der Waals surface area contributed by atoms with Crippen molar-refractivity contribution in [2.75, 3.05) is 11.4 Å². The SMILES string of the molecule is NC(=O)c1sc2c(c1-c1ccccn1)CCCC2.NCc1cccc(C(=O)N(CC(=O)O)c2csc(Cc3ccccc3)n2)c1. The summed E-state index contributed by atoms with van der Waals surface area (Å²) in [5.41, 5.74) is 16.6. The number of aliphatic carboxylic acids is 1. The molecule has 0 bridgehead atoms. The number of aromatic nitrogens is 2. The molecular weight excluding hydrogens is 607 g/mol. The van der Waals surface area contributed by atoms with Gasteiger partial charge in [-0.25, -0.2) is 4.98 Å². The zero-order valence-electron chi connectivity index (χ0n) is 24.5. The van der Waals surface area contributed by atoms with E-state index in [0.29, 0.717) is 29.2 Å². The smallest absolute Gasteiger partial charge is 0.323 e. The maximum Gasteiger partial charge on any atom is 0.323 e. The van der Waals surface area contributed by atoms with Crippen LogP contribution in [-0.4, -0.2) is 39.4 Å². The third-order valence-electron chi connectivity index (χ3n) is 7.28. The first-order valence-electron chi connectivity index (χ1n) is 14.5. The minimum atomic E-state index is -1.10. The molecule has 9 nitrogen and oxygen atoms in total. The fourth-order valence-electron chi connectivity index (χ4n) is 5.18. The average Bonchev–Trinajstić information content (AvgIpc) is 3.69. The van der Waals surface area contributed by atoms with E-state index in [-0.39, 0.29) is 5.91 Å². The summed E-state index contributed by atoms with van der Waals surface area (Å²) in [4.78, 5) is 47.8. The molecule has 5 N–H and O–H groups in total. The highest BCUT2D eigenvalue weighted by molar-refractivity contribution is 7.14. The molecule has 0 saturated heterocycles. The molecule has 0 atom stereocenters. The molecule has 1 aliphatic rings. The van der Waals surface area contributed by atoms with E-state index in [1.165, 1.54) is 39.5 Å². The van der Waals surface area contributed by atoms with Gasteiger partial charge in [-0.05, 0) is 66.6 Å². The molecule has 1 aliphatic carbocycles. The van der Waals surface area contributed by atoms with E-state index in [0.717, 1.165) is 40.2 Å². The molecule has 6 rings (SSSR count). The van der Waals surface area contributed by atoms with Crippen LogP contribution in [0.2, 0.25) is 0 Å². The van der Waals surface area contributed by atoms with Gasteiger partial charge in [0.25, 0.3) is 11.8 Å². The minimum Gasteiger partial charge on any atom is -0.480 e. The fraction of sp³-hybridized carbons (Fsp3) is 0.206. The zero-order valence-corrected chi connectivity index (χ0v) is 26.2. The summed E-state index contributed by atoms with van der Waals surface area (Å²) >= 11 is 2.95. The Labute approximate surface area is 269 Å². The molecule has 0 spiro atoms. The number of pyridine rings is 1. The monoisotopic (exact) mass is 639 g/mol. The maximum atomic E-state index is 12.9. The van der Waals surface area contributed by atoms with Crippen LogP contribution in [0.15, 0.2) is 84.4 Å². The fourth-order valence-corrected chi connectivity index (χ4v) is 7.25. The summed E-state index contributed by atoms with van der Waals surface area (Å²) in [5, 5.41) is 11.8. The predicted octanol–water partition coefficient (Wildman–Crippen LogP) is 5.71. The highest BCUT2D eigenvalue weighted by Crippen LogP contribution is 2.39. The van der Waals surface area contributed by atoms with Crippen LogP contribution in [0.5, 0.6) is 0 Å². The van der Waals surface area contributed by atoms with E-state index >= 15 is 0 Å². The Morgan fingerprint density at radius 2 is 1.69 bits per heavy atom. The molecule has 230 valence electrons. The average molecular weight is 640 g/mol. The van der Waals surface area contributed by atoms with Crippen LogP contribution in [0.4, 0.5) is 5.82 Å². The van der Waals surface area contributed by atoms with Gasteiger partial charge in [-0.3, -0.25) is 24.3 Å². The van der Waals surface area contributed by atoms with Crippen LogP contribution < -0.4 is 16.4 Å². The van der Waals surface area contributed by atoms with Crippen molar-refractivity contribution in [2.24, 2.45) is 11.5 Å². The number of nitrogens with two attached hydrogens (primary N) is 2. The van der Waals surface area contributed by atoms with E-state index < -0.39 is 18.4 Å². The third-order valence-corrected chi connectivity index (χ3v) is 9.42. The van der Waals surface area contributed by atoms with Gasteiger partial charge in [0.1, 0.15) is 17.2 Å². The van der Waals surface area contributed by atoms with Crippen molar-refractivity contribution in [1.29, 1.82) is 0 Å². The number of carbonyl (C=O) groups excluding carboxylic acids is 2. The van der Waals surface area contributed by atoms with Crippen molar-refractivity contribution in [1.82, 2.24) is 9.97 Å². The van der Waals surface area contributed by atoms with Gasteiger partial charge in [0.15, 0.2) is 0 Å². The van der Waals surface area contributed by atoms with Crippen molar-refractivity contribution >= 4 is 46.3 Å². The summed E-state index contributed by atoms with van der Waals surface area (Å²) in [5.74, 6) is -1.51. The molecule has 3 aromatic heterocycles. The van der Waals surface area contributed by atoms with Crippen LogP contribution in [0, 0.1) is 0 Å². The van der Waals surface area contributed by atoms with Crippen molar-refractivity contribution in [3.05, 3.63) is 121 Å². The molecule has 2 amide bonds. The number of hydrogen-bond acceptors (Lipinski definition) is 8. The lowest BCUT2D eigenvalue weighted by molar-refractivity contribution is -0.135. The molecular formula is C34H33N5O4S2. The van der Waals surface area contributed by atoms with E-state index in [2.05, 4.69) is 9.97 Å². The number of primary amides is 1. The van der Waals surface area contributed by atoms with Crippen LogP contribution in [-0.2, 0) is 30.6 Å². The first-order valence-corrected chi connectivity index (χ1v) is 16.2. The Kier molecular flexibility index (Phi) is 10.5. The summed E-state index contributed by atoms with van der Waals surface area (Å²) in [6.07, 6.45) is 6.86. The molecule has 0 radical (unpaired) electrons. The lowest BCUT2D eigenvalue weighted by atomic mass is 9.93. The lowest BCUT2D eigenvalue weighted by Gasteiger charge is -2.18. The quantitative estimate of drug-likeness (QED) is 0.187. The molecule has 5 aromatic rings. The van der Waals surface area contributed by atoms with Crippen LogP contribution in [0.25, 0.3) is 11.3 Å². The number of anilines is 1. The molecule has 0 fully saturated rings. The van der Waals surface area contributed by atoms with Crippen LogP contribution in [0.1, 0.15) is 59.4 Å². The van der Waals surface area contributed by atoms with Gasteiger partial charge in [-0.1, -0.05) is 48.5 Å². The highest BCUT2D eigenvalue weighted by Gasteiger charge is 2.25. The molecule has 0 saturated carbocycles. The second kappa shape index (κ2) is 14.8. The Balaban J connectivity index is 0.000000192. The number of thiophene rings is 1. The number of carboxylic acid groups (broad SMARTS) is 1. The number of thiazole rings is 1. The van der Waals surface area contributed by atoms with Gasteiger partial charge in [-0.2, -0.15) is 0 Å². The van der Waals surface area contributed by atoms with E-state index in [1.807, 2.05) is 54.6 Å². The summed E-state index contributed by atoms with van der Waals surface area (Å²) in [6.45, 7) is -0.155. The Morgan fingerprint density at radius 1 is 0.933 bits per heavy atom. The Morgan fingerprint density at radius 3 is 2.40 bits per heavy atom. The van der Waals surface area contributed by atoms with Gasteiger partial charge in [0.2, 0.25) is 0 Å². The molecule has 0 aliphatic heterocycles. The number of benzene rings is 2. The summed E-state index contributed by atoms with van der Waals surface area (Å²) < 4.78 is 0. The summed E-state index contributed by atoms with van der Waals surface area (Å²) in [6, 6.07) is 22.5. The minimum absolute atomic E-state index is 0.304. The largest absolute Gasteiger partial charge is 0.480 e. The molecule has 0 unspecified atom stereocenters. The maximum absolute atomic E-state index is 12.9. The van der Waals surface area contributed by atoms with E-state index in [4.69, 9.17) is 11.5 Å². The predicted molar refractivity (Wildman–Crippen MR) is 178 cm³/mol. The van der Waals surface area contributed by atoms with Crippen molar-refractivity contribution in [2.45, 2.75) is 38.6 Å². The number of amides is 2. The van der Waals surface area contributed by atoms with Crippen LogP contribution in [0.3, 0.4) is 0 Å². The Hall–Kier alpha value is -4.71. The van der Waals surface area contributed by atoms with Gasteiger partial charge in [0, 0.05) is 40.5 Å². The van der Waals surface area contributed by atoms with Gasteiger partial charge in [-0.15, -0.1) is 22.7 Å². The number of carbonyl (C=O) groups is 3. The molecule has 45 heavy (non-hydrogen) atoms. The second-order valence-electron chi connectivity index (χ2n) is 10.4. The third kappa shape index (κ3) is 7.88. The van der Waals surface area contributed by atoms with Crippen LogP contribution >= 0.6 is 22.7 Å². The first-order chi connectivity index (χ1) is 21.8. The molecule has 3 heterocycles. The number of fused-ring (bicyclic) bond motifs is 1. The van der Waals surface area contributed by atoms with Gasteiger partial charge < -0.3 is 16.6 Å². The first kappa shape index (κ1) is 31.7. The number of carboxylic acids is 1. The topological polar surface area (TPSA) is 152 Å². The standard InChI is InChI=1S/C20H19N3O3S.C14H14N2OS/c21-11-15-7-4-8-16(9-15)20(26)23(12-19(24)25)17-13-27-18(22-17)10-14-5-2-1-3-6-14;15-14(17)13-12(10-6-3-4-8-16-10)9-5-1-2-7-11(9)18-13/h1-9,13H,10-12,21H2,(H,24,25);3-4,6,8H,1-2,5,7H2,(H2,15,17). The van der Waals surface area contributed by atoms with E-state index in [1.54, 1.807) is 41.1 Å². The normalized spacial score (nSPS) is 12.0. The zero-order chi connectivity index (χ0) is 31.8. The summed E-state index contributed by atoms with van der Waals surface area (Å²) in [7, 11) is 0. The number of hydrogen-bond donors (Lipinski definition) is 3. The molecule has 2 aromatic carbocycles. The number of nitrogens with zero attached hydrogens (tertiary/aromatic N) is 3. The molecule has 11 heteroatoms. The van der Waals surface area contributed by atoms with Crippen molar-refractivity contribution in [3.8, 4) is 11.3 Å². The highest BCUT2D eigenvalue weighted by atomic mass is 32.1. The second-order valence-corrected chi connectivity index (χ2v) is 12.5. The number of rotatable bonds is 9. The Bertz CT molecular complexity index is 1790. The lowest BCUT2D eigenvalue weighted by Crippen LogP contribution is -2.36. The van der Waals surface area contributed by atoms with Crippen molar-refractivity contribution in [3.63, 3.8) is 0 Å².